The topological polar surface area (TPSA) is 99.2 Å². The van der Waals surface area contributed by atoms with Gasteiger partial charge in [0.1, 0.15) is 0 Å². The lowest BCUT2D eigenvalue weighted by Crippen LogP contribution is -2.50. The van der Waals surface area contributed by atoms with Crippen LogP contribution in [0.4, 0.5) is 18.9 Å². The van der Waals surface area contributed by atoms with Gasteiger partial charge >= 0.3 is 6.18 Å². The molecular weight excluding hydrogens is 631 g/mol. The minimum absolute atomic E-state index is 0.0258. The van der Waals surface area contributed by atoms with Crippen LogP contribution in [0.2, 0.25) is 0 Å². The molecule has 2 heterocycles. The smallest absolute Gasteiger partial charge is 0.394 e. The molecule has 0 aromatic heterocycles. The Morgan fingerprint density at radius 2 is 1.57 bits per heavy atom. The number of nitrogens with zero attached hydrogens (tertiary/aromatic N) is 2. The SMILES string of the molecule is CCS(=O)(=O)c1ccc([C@H](CO)NC(=O)c2ccc(N3CC(c4ccc(C(F)(F)F)cc4)C[C@H]3CN3CC(C)OC(C)C3)cc2)cc1. The first-order valence-electron chi connectivity index (χ1n) is 15.9. The Kier molecular flexibility index (Phi) is 10.6. The molecule has 8 nitrogen and oxygen atoms in total. The summed E-state index contributed by atoms with van der Waals surface area (Å²) < 4.78 is 69.9. The van der Waals surface area contributed by atoms with Crippen LogP contribution in [0.1, 0.15) is 66.2 Å². The van der Waals surface area contributed by atoms with Crippen LogP contribution >= 0.6 is 0 Å². The number of anilines is 1. The first-order valence-corrected chi connectivity index (χ1v) is 17.6. The number of amides is 1. The molecule has 2 fully saturated rings. The Hall–Kier alpha value is -3.45. The van der Waals surface area contributed by atoms with Gasteiger partial charge in [-0.1, -0.05) is 31.2 Å². The molecule has 0 bridgehead atoms. The summed E-state index contributed by atoms with van der Waals surface area (Å²) in [7, 11) is -3.37. The molecule has 5 atom stereocenters. The second kappa shape index (κ2) is 14.3. The second-order valence-corrected chi connectivity index (χ2v) is 14.8. The lowest BCUT2D eigenvalue weighted by atomic mass is 9.95. The highest BCUT2D eigenvalue weighted by Gasteiger charge is 2.37. The van der Waals surface area contributed by atoms with Crippen LogP contribution in [0.15, 0.2) is 77.7 Å². The molecule has 2 aliphatic rings. The Morgan fingerprint density at radius 1 is 0.957 bits per heavy atom. The summed E-state index contributed by atoms with van der Waals surface area (Å²) >= 11 is 0. The highest BCUT2D eigenvalue weighted by Crippen LogP contribution is 2.37. The van der Waals surface area contributed by atoms with Crippen molar-refractivity contribution in [1.82, 2.24) is 10.2 Å². The van der Waals surface area contributed by atoms with Crippen molar-refractivity contribution in [2.24, 2.45) is 0 Å². The number of alkyl halides is 3. The van der Waals surface area contributed by atoms with E-state index in [1.54, 1.807) is 43.3 Å². The zero-order valence-electron chi connectivity index (χ0n) is 26.8. The number of nitrogens with one attached hydrogen (secondary N) is 1. The molecule has 3 unspecified atom stereocenters. The molecule has 0 aliphatic carbocycles. The van der Waals surface area contributed by atoms with Crippen LogP contribution in [0.3, 0.4) is 0 Å². The fourth-order valence-electron chi connectivity index (χ4n) is 6.68. The van der Waals surface area contributed by atoms with Crippen molar-refractivity contribution in [1.29, 1.82) is 0 Å². The maximum Gasteiger partial charge on any atom is 0.416 e. The third-order valence-electron chi connectivity index (χ3n) is 9.06. The normalized spacial score (nSPS) is 23.1. The number of benzene rings is 3. The standard InChI is InChI=1S/C35H42F3N3O5S/c1-4-47(44,45)32-15-9-26(10-16-32)33(22-42)39-34(43)27-7-13-30(14-8-27)41-20-28(25-5-11-29(12-6-25)35(36,37)38)17-31(41)21-40-18-23(2)46-24(3)19-40/h5-16,23-24,28,31,33,42H,4,17-22H2,1-3H3,(H,39,43)/t23?,24?,28?,31-,33-/m0/s1. The molecule has 2 aliphatic heterocycles. The summed E-state index contributed by atoms with van der Waals surface area (Å²) in [5.41, 5.74) is 2.07. The Labute approximate surface area is 274 Å². The number of aliphatic hydroxyl groups is 1. The zero-order valence-corrected chi connectivity index (χ0v) is 27.6. The maximum absolute atomic E-state index is 13.2. The molecule has 0 saturated carbocycles. The van der Waals surface area contributed by atoms with Crippen molar-refractivity contribution in [2.45, 2.75) is 68.5 Å². The molecule has 2 saturated heterocycles. The molecule has 3 aromatic rings. The van der Waals surface area contributed by atoms with Gasteiger partial charge < -0.3 is 20.1 Å². The van der Waals surface area contributed by atoms with E-state index in [1.807, 2.05) is 12.1 Å². The van der Waals surface area contributed by atoms with Gasteiger partial charge in [-0.2, -0.15) is 13.2 Å². The zero-order chi connectivity index (χ0) is 33.9. The lowest BCUT2D eigenvalue weighted by Gasteiger charge is -2.38. The number of carbonyl (C=O) groups is 1. The summed E-state index contributed by atoms with van der Waals surface area (Å²) in [6, 6.07) is 18.1. The number of ether oxygens (including phenoxy) is 1. The molecule has 0 spiro atoms. The average molecular weight is 674 g/mol. The summed E-state index contributed by atoms with van der Waals surface area (Å²) in [5, 5.41) is 12.8. The number of hydrogen-bond acceptors (Lipinski definition) is 7. The minimum Gasteiger partial charge on any atom is -0.394 e. The number of morpholine rings is 1. The van der Waals surface area contributed by atoms with Crippen molar-refractivity contribution in [3.63, 3.8) is 0 Å². The van der Waals surface area contributed by atoms with E-state index < -0.39 is 33.5 Å². The molecule has 5 rings (SSSR count). The van der Waals surface area contributed by atoms with Gasteiger partial charge in [0.15, 0.2) is 9.84 Å². The number of rotatable bonds is 10. The third-order valence-corrected chi connectivity index (χ3v) is 10.8. The molecular formula is C35H42F3N3O5S. The fourth-order valence-corrected chi connectivity index (χ4v) is 7.56. The third kappa shape index (κ3) is 8.35. The van der Waals surface area contributed by atoms with Crippen LogP contribution in [0.25, 0.3) is 0 Å². The van der Waals surface area contributed by atoms with Crippen molar-refractivity contribution in [3.05, 3.63) is 95.1 Å². The number of sulfone groups is 1. The summed E-state index contributed by atoms with van der Waals surface area (Å²) in [6.45, 7) is 8.28. The van der Waals surface area contributed by atoms with Crippen LogP contribution < -0.4 is 10.2 Å². The van der Waals surface area contributed by atoms with Crippen molar-refractivity contribution in [3.8, 4) is 0 Å². The van der Waals surface area contributed by atoms with E-state index in [-0.39, 0.29) is 41.4 Å². The van der Waals surface area contributed by atoms with Crippen LogP contribution in [0, 0.1) is 0 Å². The van der Waals surface area contributed by atoms with Gasteiger partial charge in [0.25, 0.3) is 5.91 Å². The van der Waals surface area contributed by atoms with Gasteiger partial charge in [0, 0.05) is 49.4 Å². The average Bonchev–Trinajstić information content (AvgIpc) is 3.46. The molecule has 1 amide bonds. The molecule has 254 valence electrons. The molecule has 2 N–H and O–H groups in total. The summed E-state index contributed by atoms with van der Waals surface area (Å²) in [5.74, 6) is -0.384. The lowest BCUT2D eigenvalue weighted by molar-refractivity contribution is -0.137. The predicted octanol–water partition coefficient (Wildman–Crippen LogP) is 5.43. The van der Waals surface area contributed by atoms with Crippen molar-refractivity contribution >= 4 is 21.4 Å². The number of aliphatic hydroxyl groups excluding tert-OH is 1. The van der Waals surface area contributed by atoms with Gasteiger partial charge in [0.05, 0.1) is 41.1 Å². The Morgan fingerprint density at radius 3 is 2.13 bits per heavy atom. The molecule has 47 heavy (non-hydrogen) atoms. The highest BCUT2D eigenvalue weighted by molar-refractivity contribution is 7.91. The second-order valence-electron chi connectivity index (χ2n) is 12.6. The van der Waals surface area contributed by atoms with E-state index in [0.29, 0.717) is 17.7 Å². The van der Waals surface area contributed by atoms with E-state index in [1.165, 1.54) is 12.1 Å². The van der Waals surface area contributed by atoms with E-state index in [4.69, 9.17) is 4.74 Å². The largest absolute Gasteiger partial charge is 0.416 e. The minimum atomic E-state index is -4.39. The maximum atomic E-state index is 13.2. The van der Waals surface area contributed by atoms with Gasteiger partial charge in [-0.05, 0) is 79.9 Å². The first kappa shape index (κ1) is 34.9. The van der Waals surface area contributed by atoms with E-state index in [0.717, 1.165) is 49.4 Å². The van der Waals surface area contributed by atoms with Gasteiger partial charge in [-0.15, -0.1) is 0 Å². The highest BCUT2D eigenvalue weighted by atomic mass is 32.2. The van der Waals surface area contributed by atoms with Crippen LogP contribution in [0.5, 0.6) is 0 Å². The monoisotopic (exact) mass is 673 g/mol. The predicted molar refractivity (Wildman–Crippen MR) is 174 cm³/mol. The van der Waals surface area contributed by atoms with Crippen molar-refractivity contribution in [2.75, 3.05) is 43.4 Å². The van der Waals surface area contributed by atoms with Crippen LogP contribution in [-0.4, -0.2) is 81.1 Å². The number of hydrogen-bond donors (Lipinski definition) is 2. The summed E-state index contributed by atoms with van der Waals surface area (Å²) in [4.78, 5) is 18.0. The van der Waals surface area contributed by atoms with E-state index in [2.05, 4.69) is 29.0 Å². The molecule has 0 radical (unpaired) electrons. The quantitative estimate of drug-likeness (QED) is 0.296. The first-order chi connectivity index (χ1) is 22.3. The number of halogens is 3. The Balaban J connectivity index is 1.32. The van der Waals surface area contributed by atoms with Gasteiger partial charge in [-0.3, -0.25) is 9.69 Å². The van der Waals surface area contributed by atoms with E-state index >= 15 is 0 Å². The van der Waals surface area contributed by atoms with Crippen molar-refractivity contribution < 1.29 is 36.2 Å². The summed E-state index contributed by atoms with van der Waals surface area (Å²) in [6.07, 6.45) is -3.42. The number of carbonyl (C=O) groups excluding carboxylic acids is 1. The molecule has 12 heteroatoms. The molecule has 3 aromatic carbocycles. The van der Waals surface area contributed by atoms with E-state index in [9.17, 15) is 31.5 Å². The fraction of sp³-hybridized carbons (Fsp3) is 0.457. The van der Waals surface area contributed by atoms with Gasteiger partial charge in [-0.25, -0.2) is 8.42 Å². The van der Waals surface area contributed by atoms with Gasteiger partial charge in [0.2, 0.25) is 0 Å². The van der Waals surface area contributed by atoms with Crippen LogP contribution in [-0.2, 0) is 20.8 Å². The Bertz CT molecular complexity index is 1610.